The van der Waals surface area contributed by atoms with Crippen LogP contribution in [0, 0.1) is 6.92 Å². The van der Waals surface area contributed by atoms with E-state index in [0.717, 1.165) is 12.1 Å². The molecule has 0 bridgehead atoms. The Morgan fingerprint density at radius 1 is 1.11 bits per heavy atom. The van der Waals surface area contributed by atoms with Crippen molar-refractivity contribution < 1.29 is 22.7 Å². The molecule has 0 fully saturated rings. The molecule has 6 heteroatoms. The molecule has 0 saturated carbocycles. The van der Waals surface area contributed by atoms with Crippen LogP contribution >= 0.6 is 0 Å². The summed E-state index contributed by atoms with van der Waals surface area (Å²) in [7, 11) is 0. The number of aliphatic hydroxyl groups is 1. The standard InChI is InChI=1S/C13H12F3NO2/c1-8-17-7-11(19-8)12(2,18)9-3-5-10(6-4-9)13(14,15)16/h3-7,18H,1-2H3. The predicted molar refractivity (Wildman–Crippen MR) is 61.4 cm³/mol. The number of halogens is 3. The van der Waals surface area contributed by atoms with E-state index in [0.29, 0.717) is 11.5 Å². The van der Waals surface area contributed by atoms with E-state index in [1.807, 2.05) is 0 Å². The summed E-state index contributed by atoms with van der Waals surface area (Å²) >= 11 is 0. The Bertz CT molecular complexity index is 570. The van der Waals surface area contributed by atoms with Crippen molar-refractivity contribution in [3.63, 3.8) is 0 Å². The van der Waals surface area contributed by atoms with E-state index in [9.17, 15) is 18.3 Å². The Morgan fingerprint density at radius 2 is 1.63 bits per heavy atom. The topological polar surface area (TPSA) is 46.3 Å². The molecule has 0 saturated heterocycles. The van der Waals surface area contributed by atoms with Crippen molar-refractivity contribution in [2.45, 2.75) is 25.6 Å². The normalized spacial score (nSPS) is 15.3. The summed E-state index contributed by atoms with van der Waals surface area (Å²) in [4.78, 5) is 3.86. The van der Waals surface area contributed by atoms with Crippen molar-refractivity contribution in [3.05, 3.63) is 53.2 Å². The molecule has 2 rings (SSSR count). The average molecular weight is 271 g/mol. The van der Waals surface area contributed by atoms with Crippen LogP contribution in [0.15, 0.2) is 34.9 Å². The minimum absolute atomic E-state index is 0.185. The molecular weight excluding hydrogens is 259 g/mol. The third-order valence-corrected chi connectivity index (χ3v) is 2.88. The Hall–Kier alpha value is -1.82. The summed E-state index contributed by atoms with van der Waals surface area (Å²) in [6, 6.07) is 4.29. The highest BCUT2D eigenvalue weighted by molar-refractivity contribution is 5.32. The maximum atomic E-state index is 12.5. The van der Waals surface area contributed by atoms with Gasteiger partial charge in [0.1, 0.15) is 5.60 Å². The summed E-state index contributed by atoms with van der Waals surface area (Å²) in [5, 5.41) is 10.3. The number of benzene rings is 1. The second-order valence-electron chi connectivity index (χ2n) is 4.39. The summed E-state index contributed by atoms with van der Waals surface area (Å²) in [6.07, 6.45) is -3.04. The number of aryl methyl sites for hydroxylation is 1. The predicted octanol–water partition coefficient (Wildman–Crippen LogP) is 3.26. The first kappa shape index (κ1) is 13.6. The molecular formula is C13H12F3NO2. The summed E-state index contributed by atoms with van der Waals surface area (Å²) in [5.41, 5.74) is -1.98. The van der Waals surface area contributed by atoms with E-state index in [4.69, 9.17) is 4.42 Å². The third-order valence-electron chi connectivity index (χ3n) is 2.88. The molecule has 1 aromatic heterocycles. The fraction of sp³-hybridized carbons (Fsp3) is 0.308. The van der Waals surface area contributed by atoms with Crippen molar-refractivity contribution in [3.8, 4) is 0 Å². The minimum atomic E-state index is -4.40. The molecule has 102 valence electrons. The second-order valence-corrected chi connectivity index (χ2v) is 4.39. The molecule has 1 heterocycles. The first-order chi connectivity index (χ1) is 8.71. The minimum Gasteiger partial charge on any atom is -0.443 e. The van der Waals surface area contributed by atoms with E-state index >= 15 is 0 Å². The monoisotopic (exact) mass is 271 g/mol. The van der Waals surface area contributed by atoms with Crippen LogP contribution in [0.5, 0.6) is 0 Å². The first-order valence-corrected chi connectivity index (χ1v) is 5.54. The smallest absolute Gasteiger partial charge is 0.416 e. The van der Waals surface area contributed by atoms with Gasteiger partial charge in [0.25, 0.3) is 0 Å². The second kappa shape index (κ2) is 4.38. The molecule has 0 aliphatic carbocycles. The van der Waals surface area contributed by atoms with Gasteiger partial charge in [0, 0.05) is 6.92 Å². The molecule has 0 amide bonds. The number of nitrogens with zero attached hydrogens (tertiary/aromatic N) is 1. The highest BCUT2D eigenvalue weighted by Gasteiger charge is 2.33. The lowest BCUT2D eigenvalue weighted by molar-refractivity contribution is -0.137. The molecule has 0 aliphatic rings. The van der Waals surface area contributed by atoms with E-state index in [2.05, 4.69) is 4.98 Å². The van der Waals surface area contributed by atoms with Gasteiger partial charge in [0.15, 0.2) is 11.7 Å². The summed E-state index contributed by atoms with van der Waals surface area (Å²) in [6.45, 7) is 3.06. The molecule has 0 radical (unpaired) electrons. The van der Waals surface area contributed by atoms with Gasteiger partial charge in [-0.2, -0.15) is 13.2 Å². The zero-order chi connectivity index (χ0) is 14.3. The van der Waals surface area contributed by atoms with Crippen LogP contribution < -0.4 is 0 Å². The molecule has 2 aromatic rings. The van der Waals surface area contributed by atoms with Crippen molar-refractivity contribution >= 4 is 0 Å². The van der Waals surface area contributed by atoms with Gasteiger partial charge >= 0.3 is 6.18 Å². The molecule has 1 unspecified atom stereocenters. The van der Waals surface area contributed by atoms with E-state index in [-0.39, 0.29) is 5.76 Å². The first-order valence-electron chi connectivity index (χ1n) is 5.54. The van der Waals surface area contributed by atoms with Gasteiger partial charge in [-0.15, -0.1) is 0 Å². The lowest BCUT2D eigenvalue weighted by Crippen LogP contribution is -2.22. The number of aromatic nitrogens is 1. The third kappa shape index (κ3) is 2.63. The van der Waals surface area contributed by atoms with Crippen LogP contribution in [0.2, 0.25) is 0 Å². The molecule has 0 spiro atoms. The molecule has 1 N–H and O–H groups in total. The maximum absolute atomic E-state index is 12.5. The van der Waals surface area contributed by atoms with Crippen molar-refractivity contribution in [1.29, 1.82) is 0 Å². The van der Waals surface area contributed by atoms with Gasteiger partial charge in [0.2, 0.25) is 0 Å². The largest absolute Gasteiger partial charge is 0.443 e. The Labute approximate surface area is 107 Å². The van der Waals surface area contributed by atoms with Crippen LogP contribution in [-0.2, 0) is 11.8 Å². The fourth-order valence-corrected chi connectivity index (χ4v) is 1.71. The van der Waals surface area contributed by atoms with Gasteiger partial charge in [0.05, 0.1) is 11.8 Å². The summed E-state index contributed by atoms with van der Waals surface area (Å²) < 4.78 is 42.6. The van der Waals surface area contributed by atoms with Gasteiger partial charge in [-0.25, -0.2) is 4.98 Å². The van der Waals surface area contributed by atoms with Crippen molar-refractivity contribution in [2.75, 3.05) is 0 Å². The van der Waals surface area contributed by atoms with Gasteiger partial charge in [-0.05, 0) is 24.6 Å². The average Bonchev–Trinajstić information content (AvgIpc) is 2.76. The zero-order valence-electron chi connectivity index (χ0n) is 10.3. The van der Waals surface area contributed by atoms with Crippen LogP contribution in [0.1, 0.15) is 29.7 Å². The lowest BCUT2D eigenvalue weighted by atomic mass is 9.93. The number of oxazole rings is 1. The number of alkyl halides is 3. The lowest BCUT2D eigenvalue weighted by Gasteiger charge is -2.21. The van der Waals surface area contributed by atoms with Crippen molar-refractivity contribution in [2.24, 2.45) is 0 Å². The van der Waals surface area contributed by atoms with Gasteiger partial charge < -0.3 is 9.52 Å². The Balaban J connectivity index is 2.36. The van der Waals surface area contributed by atoms with Crippen LogP contribution in [0.3, 0.4) is 0 Å². The van der Waals surface area contributed by atoms with Crippen molar-refractivity contribution in [1.82, 2.24) is 4.98 Å². The van der Waals surface area contributed by atoms with Gasteiger partial charge in [-0.1, -0.05) is 12.1 Å². The quantitative estimate of drug-likeness (QED) is 0.911. The molecule has 1 aromatic carbocycles. The maximum Gasteiger partial charge on any atom is 0.416 e. The highest BCUT2D eigenvalue weighted by Crippen LogP contribution is 2.33. The summed E-state index contributed by atoms with van der Waals surface area (Å²) in [5.74, 6) is 0.562. The Morgan fingerprint density at radius 3 is 2.05 bits per heavy atom. The Kier molecular flexibility index (Phi) is 3.14. The van der Waals surface area contributed by atoms with Gasteiger partial charge in [-0.3, -0.25) is 0 Å². The SMILES string of the molecule is Cc1ncc(C(C)(O)c2ccc(C(F)(F)F)cc2)o1. The molecule has 3 nitrogen and oxygen atoms in total. The zero-order valence-corrected chi connectivity index (χ0v) is 10.3. The number of hydrogen-bond donors (Lipinski definition) is 1. The number of rotatable bonds is 2. The van der Waals surface area contributed by atoms with E-state index in [1.54, 1.807) is 6.92 Å². The highest BCUT2D eigenvalue weighted by atomic mass is 19.4. The van der Waals surface area contributed by atoms with E-state index in [1.165, 1.54) is 25.3 Å². The van der Waals surface area contributed by atoms with Crippen LogP contribution in [0.4, 0.5) is 13.2 Å². The van der Waals surface area contributed by atoms with Crippen LogP contribution in [0.25, 0.3) is 0 Å². The molecule has 0 aliphatic heterocycles. The fourth-order valence-electron chi connectivity index (χ4n) is 1.71. The molecule has 1 atom stereocenters. The van der Waals surface area contributed by atoms with Crippen LogP contribution in [-0.4, -0.2) is 10.1 Å². The number of hydrogen-bond acceptors (Lipinski definition) is 3. The molecule has 19 heavy (non-hydrogen) atoms. The van der Waals surface area contributed by atoms with E-state index < -0.39 is 17.3 Å².